The van der Waals surface area contributed by atoms with E-state index in [0.717, 1.165) is 25.7 Å². The van der Waals surface area contributed by atoms with E-state index < -0.39 is 0 Å². The van der Waals surface area contributed by atoms with Gasteiger partial charge in [0.05, 0.1) is 0 Å². The molecule has 0 spiro atoms. The van der Waals surface area contributed by atoms with Gasteiger partial charge in [-0.3, -0.25) is 0 Å². The van der Waals surface area contributed by atoms with Gasteiger partial charge in [0.15, 0.2) is 0 Å². The summed E-state index contributed by atoms with van der Waals surface area (Å²) in [6.07, 6.45) is 4.27. The third-order valence-corrected chi connectivity index (χ3v) is 5.95. The van der Waals surface area contributed by atoms with Crippen LogP contribution in [-0.2, 0) is 25.7 Å². The van der Waals surface area contributed by atoms with Crippen LogP contribution in [0.25, 0.3) is 11.1 Å². The monoisotopic (exact) mass is 360 g/mol. The van der Waals surface area contributed by atoms with Gasteiger partial charge >= 0.3 is 0 Å². The van der Waals surface area contributed by atoms with E-state index in [1.165, 1.54) is 33.4 Å². The third kappa shape index (κ3) is 3.27. The Labute approximate surface area is 167 Å². The minimum absolute atomic E-state index is 1.01. The number of hydrogen-bond acceptors (Lipinski definition) is 0. The van der Waals surface area contributed by atoms with Crippen LogP contribution in [0.15, 0.2) is 97.1 Å². The summed E-state index contributed by atoms with van der Waals surface area (Å²) in [5.74, 6) is 0. The molecule has 0 saturated heterocycles. The fourth-order valence-corrected chi connectivity index (χ4v) is 4.53. The summed E-state index contributed by atoms with van der Waals surface area (Å²) in [6, 6.07) is 35.3. The molecule has 0 heteroatoms. The van der Waals surface area contributed by atoms with Gasteiger partial charge in [-0.25, -0.2) is 0 Å². The zero-order chi connectivity index (χ0) is 18.8. The molecule has 0 saturated carbocycles. The standard InChI is InChI=1S/C28H24/c1-3-9-21(10-4-1)15-17-26-24(19-22-11-5-2-6-12-22)16-18-27-25-14-8-7-13-23(25)20-28(26)27/h1-14,16,18H,15,17,19-20H2. The molecule has 0 bridgehead atoms. The van der Waals surface area contributed by atoms with Crippen molar-refractivity contribution in [3.63, 3.8) is 0 Å². The van der Waals surface area contributed by atoms with E-state index in [2.05, 4.69) is 97.1 Å². The first-order valence-electron chi connectivity index (χ1n) is 10.2. The maximum absolute atomic E-state index is 2.37. The van der Waals surface area contributed by atoms with Crippen LogP contribution in [0.1, 0.15) is 33.4 Å². The largest absolute Gasteiger partial charge is 0.0622 e. The van der Waals surface area contributed by atoms with Crippen LogP contribution < -0.4 is 0 Å². The Balaban J connectivity index is 1.54. The SMILES string of the molecule is c1ccc(CCc2c(Cc3ccccc3)ccc3c2Cc2ccccc2-3)cc1. The minimum atomic E-state index is 1.01. The summed E-state index contributed by atoms with van der Waals surface area (Å²) in [5, 5.41) is 0. The molecule has 0 fully saturated rings. The lowest BCUT2D eigenvalue weighted by Crippen LogP contribution is -2.03. The van der Waals surface area contributed by atoms with E-state index in [1.54, 1.807) is 11.1 Å². The van der Waals surface area contributed by atoms with Gasteiger partial charge in [0, 0.05) is 0 Å². The van der Waals surface area contributed by atoms with Gasteiger partial charge in [-0.1, -0.05) is 97.1 Å². The Morgan fingerprint density at radius 3 is 2.00 bits per heavy atom. The van der Waals surface area contributed by atoms with Gasteiger partial charge < -0.3 is 0 Å². The van der Waals surface area contributed by atoms with Crippen molar-refractivity contribution in [2.24, 2.45) is 0 Å². The van der Waals surface area contributed by atoms with Crippen LogP contribution in [0.4, 0.5) is 0 Å². The molecule has 4 aromatic rings. The molecule has 1 aliphatic rings. The molecular formula is C28H24. The second-order valence-electron chi connectivity index (χ2n) is 7.71. The maximum atomic E-state index is 2.37. The second-order valence-corrected chi connectivity index (χ2v) is 7.71. The molecule has 0 nitrogen and oxygen atoms in total. The lowest BCUT2D eigenvalue weighted by Gasteiger charge is -2.16. The number of benzene rings is 4. The van der Waals surface area contributed by atoms with Crippen molar-refractivity contribution < 1.29 is 0 Å². The average Bonchev–Trinajstić information content (AvgIpc) is 3.13. The molecule has 1 aliphatic carbocycles. The topological polar surface area (TPSA) is 0 Å². The van der Waals surface area contributed by atoms with Crippen LogP contribution >= 0.6 is 0 Å². The van der Waals surface area contributed by atoms with Crippen molar-refractivity contribution >= 4 is 0 Å². The molecule has 5 rings (SSSR count). The van der Waals surface area contributed by atoms with E-state index in [1.807, 2.05) is 0 Å². The lowest BCUT2D eigenvalue weighted by molar-refractivity contribution is 0.920. The average molecular weight is 361 g/mol. The van der Waals surface area contributed by atoms with Gasteiger partial charge in [-0.05, 0) is 70.2 Å². The summed E-state index contributed by atoms with van der Waals surface area (Å²) in [6.45, 7) is 0. The van der Waals surface area contributed by atoms with Gasteiger partial charge in [0.1, 0.15) is 0 Å². The van der Waals surface area contributed by atoms with Crippen molar-refractivity contribution in [1.29, 1.82) is 0 Å². The van der Waals surface area contributed by atoms with Crippen molar-refractivity contribution in [2.45, 2.75) is 25.7 Å². The first-order valence-corrected chi connectivity index (χ1v) is 10.2. The molecule has 0 N–H and O–H groups in total. The van der Waals surface area contributed by atoms with E-state index in [0.29, 0.717) is 0 Å². The fourth-order valence-electron chi connectivity index (χ4n) is 4.53. The molecule has 0 aromatic heterocycles. The Morgan fingerprint density at radius 2 is 1.21 bits per heavy atom. The van der Waals surface area contributed by atoms with Gasteiger partial charge in [0.25, 0.3) is 0 Å². The quantitative estimate of drug-likeness (QED) is 0.330. The van der Waals surface area contributed by atoms with E-state index in [9.17, 15) is 0 Å². The molecule has 136 valence electrons. The van der Waals surface area contributed by atoms with Crippen LogP contribution in [0.2, 0.25) is 0 Å². The number of hydrogen-bond donors (Lipinski definition) is 0. The van der Waals surface area contributed by atoms with Crippen molar-refractivity contribution in [3.05, 3.63) is 130 Å². The first kappa shape index (κ1) is 17.0. The zero-order valence-corrected chi connectivity index (χ0v) is 16.1. The van der Waals surface area contributed by atoms with Crippen molar-refractivity contribution in [2.75, 3.05) is 0 Å². The van der Waals surface area contributed by atoms with Crippen LogP contribution in [0.3, 0.4) is 0 Å². The Morgan fingerprint density at radius 1 is 0.536 bits per heavy atom. The maximum Gasteiger partial charge on any atom is -0.00106 e. The molecule has 0 unspecified atom stereocenters. The Bertz CT molecular complexity index is 1090. The van der Waals surface area contributed by atoms with E-state index >= 15 is 0 Å². The van der Waals surface area contributed by atoms with Crippen LogP contribution in [0.5, 0.6) is 0 Å². The molecule has 4 aromatic carbocycles. The Kier molecular flexibility index (Phi) is 4.54. The highest BCUT2D eigenvalue weighted by Crippen LogP contribution is 2.40. The summed E-state index contributed by atoms with van der Waals surface area (Å²) in [4.78, 5) is 0. The summed E-state index contributed by atoms with van der Waals surface area (Å²) >= 11 is 0. The second kappa shape index (κ2) is 7.48. The molecular weight excluding hydrogens is 336 g/mol. The smallest absolute Gasteiger partial charge is 0.00106 e. The summed E-state index contributed by atoms with van der Waals surface area (Å²) < 4.78 is 0. The van der Waals surface area contributed by atoms with Gasteiger partial charge in [0.2, 0.25) is 0 Å². The number of rotatable bonds is 5. The fraction of sp³-hybridized carbons (Fsp3) is 0.143. The molecule has 0 radical (unpaired) electrons. The highest BCUT2D eigenvalue weighted by molar-refractivity contribution is 5.78. The van der Waals surface area contributed by atoms with Gasteiger partial charge in [-0.2, -0.15) is 0 Å². The molecule has 28 heavy (non-hydrogen) atoms. The summed E-state index contributed by atoms with van der Waals surface area (Å²) in [7, 11) is 0. The van der Waals surface area contributed by atoms with Gasteiger partial charge in [-0.15, -0.1) is 0 Å². The van der Waals surface area contributed by atoms with Crippen molar-refractivity contribution in [1.82, 2.24) is 0 Å². The number of aryl methyl sites for hydroxylation is 1. The zero-order valence-electron chi connectivity index (χ0n) is 16.1. The first-order chi connectivity index (χ1) is 13.9. The van der Waals surface area contributed by atoms with E-state index in [4.69, 9.17) is 0 Å². The predicted molar refractivity (Wildman–Crippen MR) is 118 cm³/mol. The number of fused-ring (bicyclic) bond motifs is 3. The van der Waals surface area contributed by atoms with Crippen LogP contribution in [-0.4, -0.2) is 0 Å². The molecule has 0 amide bonds. The summed E-state index contributed by atoms with van der Waals surface area (Å²) in [5.41, 5.74) is 11.7. The predicted octanol–water partition coefficient (Wildman–Crippen LogP) is 6.63. The Hall–Kier alpha value is -3.12. The molecule has 0 aliphatic heterocycles. The normalized spacial score (nSPS) is 11.9. The third-order valence-electron chi connectivity index (χ3n) is 5.95. The van der Waals surface area contributed by atoms with Crippen molar-refractivity contribution in [3.8, 4) is 11.1 Å². The highest BCUT2D eigenvalue weighted by Gasteiger charge is 2.22. The molecule has 0 atom stereocenters. The minimum Gasteiger partial charge on any atom is -0.0622 e. The molecule has 0 heterocycles. The van der Waals surface area contributed by atoms with E-state index in [-0.39, 0.29) is 0 Å². The highest BCUT2D eigenvalue weighted by atomic mass is 14.3. The lowest BCUT2D eigenvalue weighted by atomic mass is 9.89. The van der Waals surface area contributed by atoms with Crippen LogP contribution in [0, 0.1) is 0 Å².